The van der Waals surface area contributed by atoms with Crippen molar-refractivity contribution in [3.8, 4) is 0 Å². The lowest BCUT2D eigenvalue weighted by molar-refractivity contribution is -0.133. The molecule has 2 fully saturated rings. The lowest BCUT2D eigenvalue weighted by Gasteiger charge is -2.32. The highest BCUT2D eigenvalue weighted by Crippen LogP contribution is 2.16. The molecule has 15 heavy (non-hydrogen) atoms. The Labute approximate surface area is 96.7 Å². The number of amides is 1. The third-order valence-electron chi connectivity index (χ3n) is 3.01. The summed E-state index contributed by atoms with van der Waals surface area (Å²) in [5, 5.41) is 3.09. The fraction of sp³-hybridized carbons (Fsp3) is 0.900. The minimum atomic E-state index is 0. The van der Waals surface area contributed by atoms with Gasteiger partial charge in [-0.1, -0.05) is 0 Å². The van der Waals surface area contributed by atoms with Crippen LogP contribution >= 0.6 is 12.4 Å². The summed E-state index contributed by atoms with van der Waals surface area (Å²) in [5.74, 6) is 0.911. The van der Waals surface area contributed by atoms with Gasteiger partial charge in [-0.15, -0.1) is 12.4 Å². The zero-order chi connectivity index (χ0) is 9.80. The van der Waals surface area contributed by atoms with E-state index in [1.807, 2.05) is 4.90 Å². The molecular formula is C10H19ClN2O2. The summed E-state index contributed by atoms with van der Waals surface area (Å²) < 4.78 is 5.30. The molecule has 2 aliphatic heterocycles. The van der Waals surface area contributed by atoms with Gasteiger partial charge >= 0.3 is 0 Å². The van der Waals surface area contributed by atoms with Crippen LogP contribution in [0.4, 0.5) is 0 Å². The molecule has 2 aliphatic rings. The van der Waals surface area contributed by atoms with Gasteiger partial charge in [0.15, 0.2) is 0 Å². The molecule has 4 nitrogen and oxygen atoms in total. The number of carbonyl (C=O) groups is 1. The Morgan fingerprint density at radius 3 is 2.80 bits per heavy atom. The molecule has 1 N–H and O–H groups in total. The van der Waals surface area contributed by atoms with Gasteiger partial charge in [0.25, 0.3) is 0 Å². The van der Waals surface area contributed by atoms with Gasteiger partial charge in [0.1, 0.15) is 0 Å². The first kappa shape index (κ1) is 12.7. The van der Waals surface area contributed by atoms with Crippen LogP contribution in [0.15, 0.2) is 0 Å². The Balaban J connectivity index is 0.00000112. The van der Waals surface area contributed by atoms with Crippen molar-refractivity contribution in [3.05, 3.63) is 0 Å². The second-order valence-corrected chi connectivity index (χ2v) is 4.07. The summed E-state index contributed by atoms with van der Waals surface area (Å²) >= 11 is 0. The zero-order valence-electron chi connectivity index (χ0n) is 8.91. The molecule has 5 heteroatoms. The van der Waals surface area contributed by atoms with E-state index in [2.05, 4.69) is 5.32 Å². The van der Waals surface area contributed by atoms with Gasteiger partial charge in [0, 0.05) is 32.8 Å². The van der Waals surface area contributed by atoms with Crippen LogP contribution in [-0.4, -0.2) is 50.2 Å². The minimum Gasteiger partial charge on any atom is -0.381 e. The number of piperazine rings is 1. The van der Waals surface area contributed by atoms with E-state index in [1.165, 1.54) is 0 Å². The van der Waals surface area contributed by atoms with Gasteiger partial charge in [-0.2, -0.15) is 0 Å². The summed E-state index contributed by atoms with van der Waals surface area (Å²) in [6.45, 7) is 4.99. The maximum absolute atomic E-state index is 11.5. The maximum atomic E-state index is 11.5. The number of ether oxygens (including phenoxy) is 1. The van der Waals surface area contributed by atoms with Crippen molar-refractivity contribution >= 4 is 18.3 Å². The van der Waals surface area contributed by atoms with E-state index in [-0.39, 0.29) is 18.3 Å². The quantitative estimate of drug-likeness (QED) is 0.746. The van der Waals surface area contributed by atoms with Crippen LogP contribution in [0.3, 0.4) is 0 Å². The minimum absolute atomic E-state index is 0. The molecule has 0 saturated carbocycles. The largest absolute Gasteiger partial charge is 0.381 e. The summed E-state index contributed by atoms with van der Waals surface area (Å²) in [5.41, 5.74) is 0. The molecule has 2 rings (SSSR count). The van der Waals surface area contributed by atoms with E-state index in [1.54, 1.807) is 0 Å². The smallest absolute Gasteiger partial charge is 0.236 e. The van der Waals surface area contributed by atoms with E-state index in [0.29, 0.717) is 12.5 Å². The van der Waals surface area contributed by atoms with Gasteiger partial charge in [-0.25, -0.2) is 0 Å². The first-order valence-corrected chi connectivity index (χ1v) is 5.42. The normalized spacial score (nSPS) is 23.7. The first-order valence-electron chi connectivity index (χ1n) is 5.42. The Morgan fingerprint density at radius 2 is 2.13 bits per heavy atom. The van der Waals surface area contributed by atoms with Gasteiger partial charge < -0.3 is 15.0 Å². The molecule has 0 aromatic carbocycles. The third kappa shape index (κ3) is 3.63. The number of rotatable bonds is 2. The second-order valence-electron chi connectivity index (χ2n) is 4.07. The van der Waals surface area contributed by atoms with Crippen molar-refractivity contribution in [2.24, 2.45) is 5.92 Å². The van der Waals surface area contributed by atoms with E-state index in [4.69, 9.17) is 4.74 Å². The molecule has 1 amide bonds. The predicted octanol–water partition coefficient (Wildman–Crippen LogP) is 0.267. The van der Waals surface area contributed by atoms with Crippen LogP contribution in [-0.2, 0) is 9.53 Å². The molecule has 0 atom stereocenters. The fourth-order valence-corrected chi connectivity index (χ4v) is 2.08. The number of nitrogens with one attached hydrogen (secondary N) is 1. The second kappa shape index (κ2) is 6.30. The standard InChI is InChI=1S/C10H18N2O2.ClH/c13-10-7-11-3-4-12(10)8-9-1-5-14-6-2-9;/h9,11H,1-8H2;1H. The van der Waals surface area contributed by atoms with Crippen LogP contribution in [0.2, 0.25) is 0 Å². The summed E-state index contributed by atoms with van der Waals surface area (Å²) in [7, 11) is 0. The highest BCUT2D eigenvalue weighted by atomic mass is 35.5. The lowest BCUT2D eigenvalue weighted by Crippen LogP contribution is -2.49. The van der Waals surface area contributed by atoms with Crippen LogP contribution < -0.4 is 5.32 Å². The maximum Gasteiger partial charge on any atom is 0.236 e. The zero-order valence-corrected chi connectivity index (χ0v) is 9.72. The van der Waals surface area contributed by atoms with E-state index in [0.717, 1.165) is 45.7 Å². The van der Waals surface area contributed by atoms with Crippen LogP contribution in [0.25, 0.3) is 0 Å². The van der Waals surface area contributed by atoms with E-state index < -0.39 is 0 Å². The number of hydrogen-bond donors (Lipinski definition) is 1. The molecular weight excluding hydrogens is 216 g/mol. The number of nitrogens with zero attached hydrogens (tertiary/aromatic N) is 1. The topological polar surface area (TPSA) is 41.6 Å². The molecule has 88 valence electrons. The summed E-state index contributed by atoms with van der Waals surface area (Å²) in [4.78, 5) is 13.5. The molecule has 2 saturated heterocycles. The molecule has 0 unspecified atom stereocenters. The monoisotopic (exact) mass is 234 g/mol. The van der Waals surface area contributed by atoms with Gasteiger partial charge in [0.05, 0.1) is 6.54 Å². The molecule has 0 aliphatic carbocycles. The highest BCUT2D eigenvalue weighted by Gasteiger charge is 2.22. The van der Waals surface area contributed by atoms with E-state index in [9.17, 15) is 4.79 Å². The molecule has 0 aromatic heterocycles. The third-order valence-corrected chi connectivity index (χ3v) is 3.01. The van der Waals surface area contributed by atoms with Crippen LogP contribution in [0, 0.1) is 5.92 Å². The van der Waals surface area contributed by atoms with Gasteiger partial charge in [0.2, 0.25) is 5.91 Å². The van der Waals surface area contributed by atoms with Crippen molar-refractivity contribution < 1.29 is 9.53 Å². The average molecular weight is 235 g/mol. The number of halogens is 1. The SMILES string of the molecule is Cl.O=C1CNCCN1CC1CCOCC1. The Morgan fingerprint density at radius 1 is 1.40 bits per heavy atom. The van der Waals surface area contributed by atoms with Crippen molar-refractivity contribution in [1.29, 1.82) is 0 Å². The van der Waals surface area contributed by atoms with Crippen molar-refractivity contribution in [1.82, 2.24) is 10.2 Å². The summed E-state index contributed by atoms with van der Waals surface area (Å²) in [6, 6.07) is 0. The molecule has 2 heterocycles. The van der Waals surface area contributed by atoms with Crippen molar-refractivity contribution in [3.63, 3.8) is 0 Å². The van der Waals surface area contributed by atoms with Crippen molar-refractivity contribution in [2.45, 2.75) is 12.8 Å². The Bertz CT molecular complexity index is 208. The van der Waals surface area contributed by atoms with Gasteiger partial charge in [-0.05, 0) is 18.8 Å². The molecule has 0 bridgehead atoms. The Hall–Kier alpha value is -0.320. The lowest BCUT2D eigenvalue weighted by atomic mass is 9.99. The van der Waals surface area contributed by atoms with E-state index >= 15 is 0 Å². The average Bonchev–Trinajstić information content (AvgIpc) is 2.23. The first-order chi connectivity index (χ1) is 6.86. The predicted molar refractivity (Wildman–Crippen MR) is 60.2 cm³/mol. The Kier molecular flexibility index (Phi) is 5.36. The highest BCUT2D eigenvalue weighted by molar-refractivity contribution is 5.85. The van der Waals surface area contributed by atoms with Crippen molar-refractivity contribution in [2.75, 3.05) is 39.4 Å². The summed E-state index contributed by atoms with van der Waals surface area (Å²) in [6.07, 6.45) is 2.22. The molecule has 0 spiro atoms. The van der Waals surface area contributed by atoms with Crippen LogP contribution in [0.1, 0.15) is 12.8 Å². The fourth-order valence-electron chi connectivity index (χ4n) is 2.08. The molecule has 0 radical (unpaired) electrons. The molecule has 0 aromatic rings. The number of hydrogen-bond acceptors (Lipinski definition) is 3. The van der Waals surface area contributed by atoms with Gasteiger partial charge in [-0.3, -0.25) is 4.79 Å². The number of carbonyl (C=O) groups excluding carboxylic acids is 1. The van der Waals surface area contributed by atoms with Crippen LogP contribution in [0.5, 0.6) is 0 Å².